The third-order valence-corrected chi connectivity index (χ3v) is 7.85. The van der Waals surface area contributed by atoms with E-state index in [1.54, 1.807) is 12.1 Å². The van der Waals surface area contributed by atoms with Crippen molar-refractivity contribution in [3.8, 4) is 11.3 Å². The fourth-order valence-electron chi connectivity index (χ4n) is 4.39. The summed E-state index contributed by atoms with van der Waals surface area (Å²) in [5.41, 5.74) is 2.64. The van der Waals surface area contributed by atoms with Gasteiger partial charge in [0, 0.05) is 49.0 Å². The highest BCUT2D eigenvalue weighted by Gasteiger charge is 2.31. The summed E-state index contributed by atoms with van der Waals surface area (Å²) in [5.74, 6) is 0.344. The third kappa shape index (κ3) is 4.06. The van der Waals surface area contributed by atoms with Crippen molar-refractivity contribution in [1.29, 1.82) is 0 Å². The molecule has 0 spiro atoms. The van der Waals surface area contributed by atoms with Gasteiger partial charge in [-0.05, 0) is 43.9 Å². The zero-order valence-electron chi connectivity index (χ0n) is 18.9. The average Bonchev–Trinajstić information content (AvgIpc) is 3.38. The van der Waals surface area contributed by atoms with Crippen molar-refractivity contribution in [3.63, 3.8) is 0 Å². The maximum absolute atomic E-state index is 15.0. The summed E-state index contributed by atoms with van der Waals surface area (Å²) in [6, 6.07) is 5.22. The van der Waals surface area contributed by atoms with Crippen molar-refractivity contribution < 1.29 is 9.13 Å². The number of fused-ring (bicyclic) bond motifs is 1. The molecule has 0 N–H and O–H groups in total. The van der Waals surface area contributed by atoms with Crippen LogP contribution in [0.3, 0.4) is 0 Å². The summed E-state index contributed by atoms with van der Waals surface area (Å²) in [6.07, 6.45) is 7.88. The molecule has 1 saturated heterocycles. The molecule has 7 nitrogen and oxygen atoms in total. The van der Waals surface area contributed by atoms with E-state index in [2.05, 4.69) is 11.3 Å². The van der Waals surface area contributed by atoms with Gasteiger partial charge in [0.1, 0.15) is 16.3 Å². The number of aromatic nitrogens is 5. The van der Waals surface area contributed by atoms with Crippen LogP contribution in [0.1, 0.15) is 55.1 Å². The number of halogens is 2. The van der Waals surface area contributed by atoms with Gasteiger partial charge in [0.05, 0.1) is 24.0 Å². The Morgan fingerprint density at radius 2 is 2.03 bits per heavy atom. The molecule has 4 aromatic rings. The molecule has 1 aromatic carbocycles. The Morgan fingerprint density at radius 1 is 1.18 bits per heavy atom. The zero-order valence-corrected chi connectivity index (χ0v) is 20.5. The van der Waals surface area contributed by atoms with Gasteiger partial charge in [-0.2, -0.15) is 10.1 Å². The van der Waals surface area contributed by atoms with E-state index >= 15 is 0 Å². The minimum absolute atomic E-state index is 0.0611. The molecule has 1 aliphatic heterocycles. The first kappa shape index (κ1) is 21.9. The Labute approximate surface area is 205 Å². The molecule has 0 amide bonds. The number of benzene rings is 1. The number of rotatable bonds is 5. The molecule has 2 fully saturated rings. The van der Waals surface area contributed by atoms with E-state index in [1.807, 2.05) is 29.9 Å². The lowest BCUT2D eigenvalue weighted by Gasteiger charge is -2.28. The Morgan fingerprint density at radius 3 is 2.79 bits per heavy atom. The minimum Gasteiger partial charge on any atom is -0.373 e. The van der Waals surface area contributed by atoms with Crippen LogP contribution in [0.5, 0.6) is 0 Å². The summed E-state index contributed by atoms with van der Waals surface area (Å²) in [4.78, 5) is 16.4. The lowest BCUT2D eigenvalue weighted by Crippen LogP contribution is -2.20. The molecule has 6 rings (SSSR count). The predicted molar refractivity (Wildman–Crippen MR) is 131 cm³/mol. The van der Waals surface area contributed by atoms with Crippen LogP contribution in [0, 0.1) is 5.82 Å². The van der Waals surface area contributed by atoms with Crippen LogP contribution in [-0.2, 0) is 4.74 Å². The smallest absolute Gasteiger partial charge is 0.187 e. The van der Waals surface area contributed by atoms with Gasteiger partial charge in [0.15, 0.2) is 10.8 Å². The number of anilines is 1. The second-order valence-corrected chi connectivity index (χ2v) is 10.6. The SMILES string of the molecule is CN(C)c1nc2nc(C3CCOC(c4cnn(C5CC5)c4)C3)nc(-c3ccc(Cl)cc3F)c2s1. The number of hydrogen-bond donors (Lipinski definition) is 0. The van der Waals surface area contributed by atoms with Crippen molar-refractivity contribution >= 4 is 38.4 Å². The second-order valence-electron chi connectivity index (χ2n) is 9.16. The van der Waals surface area contributed by atoms with Crippen LogP contribution in [0.15, 0.2) is 30.6 Å². The van der Waals surface area contributed by atoms with E-state index in [9.17, 15) is 4.39 Å². The molecule has 2 aliphatic rings. The van der Waals surface area contributed by atoms with Crippen LogP contribution in [0.2, 0.25) is 5.02 Å². The molecule has 1 aliphatic carbocycles. The predicted octanol–water partition coefficient (Wildman–Crippen LogP) is 5.78. The van der Waals surface area contributed by atoms with Crippen LogP contribution in [0.4, 0.5) is 9.52 Å². The zero-order chi connectivity index (χ0) is 23.4. The lowest BCUT2D eigenvalue weighted by atomic mass is 9.92. The minimum atomic E-state index is -0.407. The molecule has 0 radical (unpaired) electrons. The maximum Gasteiger partial charge on any atom is 0.187 e. The Kier molecular flexibility index (Phi) is 5.50. The Hall–Kier alpha value is -2.62. The molecule has 2 atom stereocenters. The van der Waals surface area contributed by atoms with E-state index in [0.29, 0.717) is 40.4 Å². The van der Waals surface area contributed by atoms with Crippen molar-refractivity contribution in [2.24, 2.45) is 0 Å². The molecule has 1 saturated carbocycles. The largest absolute Gasteiger partial charge is 0.373 e. The summed E-state index contributed by atoms with van der Waals surface area (Å²) in [6.45, 7) is 0.607. The highest BCUT2D eigenvalue weighted by Crippen LogP contribution is 2.41. The molecule has 2 unspecified atom stereocenters. The number of nitrogens with zero attached hydrogens (tertiary/aromatic N) is 6. The second kappa shape index (κ2) is 8.55. The first-order chi connectivity index (χ1) is 16.5. The van der Waals surface area contributed by atoms with Gasteiger partial charge < -0.3 is 9.64 Å². The van der Waals surface area contributed by atoms with Crippen LogP contribution in [-0.4, -0.2) is 45.4 Å². The highest BCUT2D eigenvalue weighted by atomic mass is 35.5. The molecule has 3 aromatic heterocycles. The molecular weight excluding hydrogens is 475 g/mol. The quantitative estimate of drug-likeness (QED) is 0.347. The van der Waals surface area contributed by atoms with Crippen LogP contribution >= 0.6 is 22.9 Å². The summed E-state index contributed by atoms with van der Waals surface area (Å²) >= 11 is 7.47. The fourth-order valence-corrected chi connectivity index (χ4v) is 5.48. The topological polar surface area (TPSA) is 69.0 Å². The standard InChI is InChI=1S/C24H24ClFN6OS/c1-31(2)24-30-23-21(34-24)20(17-6-3-15(25)10-18(17)26)28-22(29-23)13-7-8-33-19(9-13)14-11-27-32(12-14)16-4-5-16/h3,6,10-13,16,19H,4-5,7-9H2,1-2H3. The lowest BCUT2D eigenvalue weighted by molar-refractivity contribution is 0.00396. The Balaban J connectivity index is 1.39. The van der Waals surface area contributed by atoms with Gasteiger partial charge in [-0.1, -0.05) is 22.9 Å². The van der Waals surface area contributed by atoms with E-state index in [1.165, 1.54) is 30.2 Å². The van der Waals surface area contributed by atoms with Gasteiger partial charge in [0.2, 0.25) is 0 Å². The first-order valence-electron chi connectivity index (χ1n) is 11.4. The number of ether oxygens (including phenoxy) is 1. The van der Waals surface area contributed by atoms with Crippen molar-refractivity contribution in [1.82, 2.24) is 24.7 Å². The van der Waals surface area contributed by atoms with Crippen molar-refractivity contribution in [3.05, 3.63) is 52.8 Å². The van der Waals surface area contributed by atoms with Crippen molar-refractivity contribution in [2.45, 2.75) is 43.7 Å². The number of thiazole rings is 1. The summed E-state index contributed by atoms with van der Waals surface area (Å²) in [7, 11) is 3.86. The molecular formula is C24H24ClFN6OS. The normalized spacial score (nSPS) is 20.7. The van der Waals surface area contributed by atoms with Crippen LogP contribution in [0.25, 0.3) is 21.6 Å². The Bertz CT molecular complexity index is 1370. The first-order valence-corrected chi connectivity index (χ1v) is 12.6. The molecule has 10 heteroatoms. The molecule has 34 heavy (non-hydrogen) atoms. The van der Waals surface area contributed by atoms with E-state index in [0.717, 1.165) is 28.2 Å². The monoisotopic (exact) mass is 498 g/mol. The third-order valence-electron chi connectivity index (χ3n) is 6.39. The van der Waals surface area contributed by atoms with Gasteiger partial charge in [0.25, 0.3) is 0 Å². The van der Waals surface area contributed by atoms with Gasteiger partial charge >= 0.3 is 0 Å². The van der Waals surface area contributed by atoms with Gasteiger partial charge in [-0.25, -0.2) is 14.4 Å². The van der Waals surface area contributed by atoms with Crippen molar-refractivity contribution in [2.75, 3.05) is 25.6 Å². The van der Waals surface area contributed by atoms with Gasteiger partial charge in [-0.3, -0.25) is 4.68 Å². The molecule has 0 bridgehead atoms. The van der Waals surface area contributed by atoms with E-state index < -0.39 is 5.82 Å². The van der Waals surface area contributed by atoms with Gasteiger partial charge in [-0.15, -0.1) is 0 Å². The number of hydrogen-bond acceptors (Lipinski definition) is 7. The molecule has 4 heterocycles. The fraction of sp³-hybridized carbons (Fsp3) is 0.417. The summed E-state index contributed by atoms with van der Waals surface area (Å²) < 4.78 is 23.9. The van der Waals surface area contributed by atoms with E-state index in [4.69, 9.17) is 31.3 Å². The summed E-state index contributed by atoms with van der Waals surface area (Å²) in [5, 5.41) is 5.67. The van der Waals surface area contributed by atoms with Crippen LogP contribution < -0.4 is 4.90 Å². The van der Waals surface area contributed by atoms with E-state index in [-0.39, 0.29) is 12.0 Å². The molecule has 176 valence electrons. The average molecular weight is 499 g/mol. The highest BCUT2D eigenvalue weighted by molar-refractivity contribution is 7.22. The maximum atomic E-state index is 15.0.